The monoisotopic (exact) mass is 567 g/mol. The Bertz CT molecular complexity index is 1330. The first-order chi connectivity index (χ1) is 18.4. The molecule has 200 valence electrons. The van der Waals surface area contributed by atoms with Crippen LogP contribution in [0.3, 0.4) is 0 Å². The molecule has 0 saturated carbocycles. The van der Waals surface area contributed by atoms with Gasteiger partial charge in [0, 0.05) is 0 Å². The minimum Gasteiger partial charge on any atom is -0.497 e. The van der Waals surface area contributed by atoms with Crippen molar-refractivity contribution < 1.29 is 13.9 Å². The molecule has 4 aromatic rings. The molecule has 0 amide bonds. The maximum absolute atomic E-state index is 6.35. The first kappa shape index (κ1) is 28.0. The van der Waals surface area contributed by atoms with E-state index in [1.54, 1.807) is 7.11 Å². The molecule has 2 heterocycles. The van der Waals surface area contributed by atoms with Crippen LogP contribution in [0.5, 0.6) is 11.5 Å². The van der Waals surface area contributed by atoms with Crippen LogP contribution in [0.25, 0.3) is 9.53 Å². The van der Waals surface area contributed by atoms with Crippen LogP contribution in [0, 0.1) is 0 Å². The van der Waals surface area contributed by atoms with Crippen LogP contribution < -0.4 is 9.47 Å². The van der Waals surface area contributed by atoms with E-state index in [1.165, 1.54) is 22.7 Å². The molecular formula is C27H33N5O3S2Si. The lowest BCUT2D eigenvalue weighted by molar-refractivity contribution is 0.205. The van der Waals surface area contributed by atoms with Gasteiger partial charge in [-0.15, -0.1) is 20.5 Å². The summed E-state index contributed by atoms with van der Waals surface area (Å²) in [6.45, 7) is 10.2. The minimum absolute atomic E-state index is 0.545. The highest BCUT2D eigenvalue weighted by Gasteiger charge is 2.34. The highest BCUT2D eigenvalue weighted by molar-refractivity contribution is 7.30. The maximum Gasteiger partial charge on any atom is 0.231 e. The molecule has 2 aromatic carbocycles. The van der Waals surface area contributed by atoms with Crippen molar-refractivity contribution in [2.75, 3.05) is 20.3 Å². The van der Waals surface area contributed by atoms with Gasteiger partial charge in [-0.1, -0.05) is 50.4 Å². The standard InChI is InChI=1S/C27H33N5O3S2Si/c1-6-38(7-2,19(3)4)35-17-16-34-23-14-10-20(11-15-23)29-31-25-18-24-26(37-25)28-27(36-24)32-30-21-8-12-22(33-5)13-9-21/h8-15,18-19H,6-7,16-17H2,1-5H3. The van der Waals surface area contributed by atoms with Crippen molar-refractivity contribution in [1.82, 2.24) is 4.98 Å². The number of fused-ring (bicyclic) bond motifs is 1. The second kappa shape index (κ2) is 13.2. The zero-order chi connectivity index (χ0) is 27.0. The van der Waals surface area contributed by atoms with Crippen LogP contribution in [0.15, 0.2) is 75.1 Å². The molecule has 0 fully saturated rings. The van der Waals surface area contributed by atoms with Crippen LogP contribution in [0.1, 0.15) is 27.7 Å². The summed E-state index contributed by atoms with van der Waals surface area (Å²) < 4.78 is 18.4. The van der Waals surface area contributed by atoms with Crippen molar-refractivity contribution in [2.24, 2.45) is 20.5 Å². The molecular weight excluding hydrogens is 535 g/mol. The van der Waals surface area contributed by atoms with E-state index in [9.17, 15) is 0 Å². The normalized spacial score (nSPS) is 12.4. The fourth-order valence-corrected chi connectivity index (χ4v) is 9.32. The van der Waals surface area contributed by atoms with Gasteiger partial charge in [0.15, 0.2) is 8.32 Å². The molecule has 0 spiro atoms. The summed E-state index contributed by atoms with van der Waals surface area (Å²) in [5.41, 5.74) is 2.11. The first-order valence-corrected chi connectivity index (χ1v) is 16.7. The van der Waals surface area contributed by atoms with Crippen LogP contribution in [-0.4, -0.2) is 33.6 Å². The fourth-order valence-electron chi connectivity index (χ4n) is 4.11. The quantitative estimate of drug-likeness (QED) is 0.0913. The van der Waals surface area contributed by atoms with E-state index >= 15 is 0 Å². The highest BCUT2D eigenvalue weighted by Crippen LogP contribution is 2.39. The van der Waals surface area contributed by atoms with E-state index in [0.29, 0.717) is 23.9 Å². The van der Waals surface area contributed by atoms with Gasteiger partial charge in [0.1, 0.15) is 27.9 Å². The Hall–Kier alpha value is -2.99. The van der Waals surface area contributed by atoms with E-state index in [-0.39, 0.29) is 0 Å². The molecule has 0 aliphatic carbocycles. The number of thiazole rings is 1. The van der Waals surface area contributed by atoms with Gasteiger partial charge in [0.2, 0.25) is 5.13 Å². The second-order valence-corrected chi connectivity index (χ2v) is 16.0. The van der Waals surface area contributed by atoms with Crippen molar-refractivity contribution in [2.45, 2.75) is 45.3 Å². The third-order valence-corrected chi connectivity index (χ3v) is 13.7. The Kier molecular flexibility index (Phi) is 9.73. The van der Waals surface area contributed by atoms with Gasteiger partial charge in [0.05, 0.1) is 29.8 Å². The molecule has 0 N–H and O–H groups in total. The van der Waals surface area contributed by atoms with Crippen molar-refractivity contribution >= 4 is 62.0 Å². The molecule has 0 radical (unpaired) electrons. The topological polar surface area (TPSA) is 90.0 Å². The number of rotatable bonds is 13. The van der Waals surface area contributed by atoms with Crippen molar-refractivity contribution in [1.29, 1.82) is 0 Å². The Morgan fingerprint density at radius 3 is 2.03 bits per heavy atom. The average Bonchev–Trinajstić information content (AvgIpc) is 3.50. The summed E-state index contributed by atoms with van der Waals surface area (Å²) >= 11 is 2.95. The lowest BCUT2D eigenvalue weighted by Gasteiger charge is -2.33. The van der Waals surface area contributed by atoms with E-state index in [2.05, 4.69) is 53.1 Å². The zero-order valence-electron chi connectivity index (χ0n) is 22.4. The van der Waals surface area contributed by atoms with Gasteiger partial charge in [0.25, 0.3) is 0 Å². The van der Waals surface area contributed by atoms with Crippen LogP contribution >= 0.6 is 22.7 Å². The smallest absolute Gasteiger partial charge is 0.231 e. The number of nitrogens with zero attached hydrogens (tertiary/aromatic N) is 5. The largest absolute Gasteiger partial charge is 0.497 e. The number of aromatic nitrogens is 1. The summed E-state index contributed by atoms with van der Waals surface area (Å²) in [7, 11) is -0.0342. The SMILES string of the molecule is CC[Si](CC)(OCCOc1ccc(N=Nc2cc3sc(N=Nc4ccc(OC)cc4)nc3s2)cc1)C(C)C. The third-order valence-electron chi connectivity index (χ3n) is 6.48. The molecule has 0 bridgehead atoms. The van der Waals surface area contributed by atoms with E-state index < -0.39 is 8.32 Å². The van der Waals surface area contributed by atoms with E-state index in [4.69, 9.17) is 13.9 Å². The number of thiophene rings is 1. The Balaban J connectivity index is 1.28. The molecule has 0 unspecified atom stereocenters. The fraction of sp³-hybridized carbons (Fsp3) is 0.370. The predicted octanol–water partition coefficient (Wildman–Crippen LogP) is 9.99. The first-order valence-electron chi connectivity index (χ1n) is 12.7. The third kappa shape index (κ3) is 7.10. The number of methoxy groups -OCH3 is 1. The van der Waals surface area contributed by atoms with E-state index in [0.717, 1.165) is 49.5 Å². The number of benzene rings is 2. The summed E-state index contributed by atoms with van der Waals surface area (Å²) in [6, 6.07) is 19.3. The van der Waals surface area contributed by atoms with Crippen LogP contribution in [-0.2, 0) is 4.43 Å². The molecule has 0 aliphatic rings. The predicted molar refractivity (Wildman–Crippen MR) is 159 cm³/mol. The highest BCUT2D eigenvalue weighted by atomic mass is 32.1. The zero-order valence-corrected chi connectivity index (χ0v) is 25.0. The molecule has 0 atom stereocenters. The minimum atomic E-state index is -1.67. The number of azo groups is 2. The van der Waals surface area contributed by atoms with Gasteiger partial charge < -0.3 is 13.9 Å². The van der Waals surface area contributed by atoms with Crippen molar-refractivity contribution in [3.63, 3.8) is 0 Å². The maximum atomic E-state index is 6.35. The number of hydrogen-bond donors (Lipinski definition) is 0. The van der Waals surface area contributed by atoms with Crippen molar-refractivity contribution in [3.05, 3.63) is 54.6 Å². The molecule has 0 saturated heterocycles. The van der Waals surface area contributed by atoms with Crippen LogP contribution in [0.2, 0.25) is 17.6 Å². The molecule has 38 heavy (non-hydrogen) atoms. The Morgan fingerprint density at radius 1 is 0.816 bits per heavy atom. The molecule has 0 aliphatic heterocycles. The molecule has 4 rings (SSSR count). The second-order valence-electron chi connectivity index (χ2n) is 8.97. The van der Waals surface area contributed by atoms with Gasteiger partial charge >= 0.3 is 0 Å². The summed E-state index contributed by atoms with van der Waals surface area (Å²) in [5, 5.41) is 18.6. The van der Waals surface area contributed by atoms with Gasteiger partial charge in [-0.2, -0.15) is 0 Å². The lowest BCUT2D eigenvalue weighted by Crippen LogP contribution is -2.41. The number of ether oxygens (including phenoxy) is 2. The Labute approximate surface area is 232 Å². The summed E-state index contributed by atoms with van der Waals surface area (Å²) in [5.74, 6) is 1.58. The summed E-state index contributed by atoms with van der Waals surface area (Å²) in [6.07, 6.45) is 0. The average molecular weight is 568 g/mol. The van der Waals surface area contributed by atoms with E-state index in [1.807, 2.05) is 54.6 Å². The lowest BCUT2D eigenvalue weighted by atomic mass is 10.3. The molecule has 2 aromatic heterocycles. The van der Waals surface area contributed by atoms with Gasteiger partial charge in [-0.3, -0.25) is 0 Å². The van der Waals surface area contributed by atoms with Gasteiger partial charge in [-0.25, -0.2) is 4.98 Å². The summed E-state index contributed by atoms with van der Waals surface area (Å²) in [4.78, 5) is 5.42. The Morgan fingerprint density at radius 2 is 1.45 bits per heavy atom. The molecule has 11 heteroatoms. The van der Waals surface area contributed by atoms with Gasteiger partial charge in [-0.05, 0) is 72.2 Å². The molecule has 8 nitrogen and oxygen atoms in total. The van der Waals surface area contributed by atoms with Crippen LogP contribution in [0.4, 0.5) is 21.5 Å². The number of hydrogen-bond acceptors (Lipinski definition) is 10. The van der Waals surface area contributed by atoms with Crippen molar-refractivity contribution in [3.8, 4) is 11.5 Å².